The third-order valence-electron chi connectivity index (χ3n) is 2.95. The van der Waals surface area contributed by atoms with Gasteiger partial charge in [-0.1, -0.05) is 0 Å². The number of anilines is 1. The van der Waals surface area contributed by atoms with Crippen LogP contribution in [0.1, 0.15) is 20.7 Å². The van der Waals surface area contributed by atoms with Crippen LogP contribution in [0.4, 0.5) is 5.69 Å². The van der Waals surface area contributed by atoms with Crippen LogP contribution in [0, 0.1) is 0 Å². The van der Waals surface area contributed by atoms with Crippen LogP contribution in [0.25, 0.3) is 0 Å². The number of nitrogens with zero attached hydrogens (tertiary/aromatic N) is 3. The fraction of sp³-hybridized carbons (Fsp3) is 0.143. The van der Waals surface area contributed by atoms with Gasteiger partial charge in [0.2, 0.25) is 0 Å². The van der Waals surface area contributed by atoms with Gasteiger partial charge < -0.3 is 14.8 Å². The molecule has 2 amide bonds. The summed E-state index contributed by atoms with van der Waals surface area (Å²) >= 11 is 0. The van der Waals surface area contributed by atoms with Gasteiger partial charge in [0, 0.05) is 0 Å². The number of nitrogens with one attached hydrogen (secondary N) is 2. The van der Waals surface area contributed by atoms with Crippen molar-refractivity contribution in [1.29, 1.82) is 0 Å². The van der Waals surface area contributed by atoms with Crippen molar-refractivity contribution in [2.75, 3.05) is 25.0 Å². The molecule has 0 bridgehead atoms. The first-order valence-electron chi connectivity index (χ1n) is 6.74. The van der Waals surface area contributed by atoms with Crippen molar-refractivity contribution in [2.24, 2.45) is 0 Å². The first kappa shape index (κ1) is 17.6. The number of benzene rings is 1. The molecule has 0 aliphatic heterocycles. The van der Waals surface area contributed by atoms with Gasteiger partial charge in [0.25, 0.3) is 0 Å². The van der Waals surface area contributed by atoms with Gasteiger partial charge in [0.05, 0.1) is 31.0 Å². The number of carbonyl (C=O) groups excluding carboxylic acids is 4. The van der Waals surface area contributed by atoms with Crippen molar-refractivity contribution in [3.8, 4) is 0 Å². The molecule has 11 heteroatoms. The molecule has 1 aromatic heterocycles. The van der Waals surface area contributed by atoms with E-state index in [-0.39, 0.29) is 16.8 Å². The highest BCUT2D eigenvalue weighted by atomic mass is 16.5. The number of methoxy groups -OCH3 is 2. The van der Waals surface area contributed by atoms with Crippen molar-refractivity contribution in [1.82, 2.24) is 14.9 Å². The van der Waals surface area contributed by atoms with Crippen LogP contribution in [-0.2, 0) is 19.1 Å². The summed E-state index contributed by atoms with van der Waals surface area (Å²) in [7, 11) is 2.34. The van der Waals surface area contributed by atoms with E-state index >= 15 is 0 Å². The summed E-state index contributed by atoms with van der Waals surface area (Å²) in [4.78, 5) is 47.2. The average molecular weight is 347 g/mol. The molecule has 25 heavy (non-hydrogen) atoms. The second kappa shape index (κ2) is 7.68. The number of ether oxygens (including phenoxy) is 2. The standard InChI is InChI=1S/C14H13N5O6/c1-24-13(22)8-3-4-9(14(23)25-2)10(5-8)17-11(20)12(21)18-19-6-15-16-7-19/h3-7H,1-2H3,(H,17,20)(H,18,21). The van der Waals surface area contributed by atoms with E-state index in [1.54, 1.807) is 0 Å². The summed E-state index contributed by atoms with van der Waals surface area (Å²) in [6.07, 6.45) is 2.34. The highest BCUT2D eigenvalue weighted by molar-refractivity contribution is 6.42. The molecular weight excluding hydrogens is 334 g/mol. The van der Waals surface area contributed by atoms with E-state index in [2.05, 4.69) is 30.4 Å². The minimum Gasteiger partial charge on any atom is -0.465 e. The molecule has 130 valence electrons. The summed E-state index contributed by atoms with van der Waals surface area (Å²) < 4.78 is 10.2. The predicted molar refractivity (Wildman–Crippen MR) is 82.1 cm³/mol. The number of aromatic nitrogens is 3. The topological polar surface area (TPSA) is 142 Å². The normalized spacial score (nSPS) is 9.84. The van der Waals surface area contributed by atoms with Crippen LogP contribution >= 0.6 is 0 Å². The number of rotatable bonds is 4. The van der Waals surface area contributed by atoms with Crippen LogP contribution < -0.4 is 10.7 Å². The Bertz CT molecular complexity index is 817. The largest absolute Gasteiger partial charge is 0.465 e. The molecule has 2 rings (SSSR count). The van der Waals surface area contributed by atoms with Gasteiger partial charge in [-0.15, -0.1) is 10.2 Å². The quantitative estimate of drug-likeness (QED) is 0.560. The average Bonchev–Trinajstić information content (AvgIpc) is 3.13. The van der Waals surface area contributed by atoms with Gasteiger partial charge >= 0.3 is 23.8 Å². The minimum atomic E-state index is -1.08. The maximum absolute atomic E-state index is 12.0. The number of esters is 2. The van der Waals surface area contributed by atoms with Crippen LogP contribution in [0.15, 0.2) is 30.9 Å². The van der Waals surface area contributed by atoms with E-state index in [1.807, 2.05) is 0 Å². The van der Waals surface area contributed by atoms with Gasteiger partial charge in [0.15, 0.2) is 0 Å². The highest BCUT2D eigenvalue weighted by Crippen LogP contribution is 2.19. The van der Waals surface area contributed by atoms with Gasteiger partial charge in [-0.3, -0.25) is 15.0 Å². The zero-order valence-electron chi connectivity index (χ0n) is 13.2. The third kappa shape index (κ3) is 4.16. The molecule has 2 N–H and O–H groups in total. The monoisotopic (exact) mass is 347 g/mol. The lowest BCUT2D eigenvalue weighted by Gasteiger charge is -2.11. The smallest absolute Gasteiger partial charge is 0.339 e. The van der Waals surface area contributed by atoms with Gasteiger partial charge in [-0.2, -0.15) is 0 Å². The Balaban J connectivity index is 2.25. The molecular formula is C14H13N5O6. The molecule has 2 aromatic rings. The third-order valence-corrected chi connectivity index (χ3v) is 2.95. The summed E-state index contributed by atoms with van der Waals surface area (Å²) in [5, 5.41) is 9.17. The molecule has 0 atom stereocenters. The van der Waals surface area contributed by atoms with Gasteiger partial charge in [0.1, 0.15) is 12.7 Å². The molecule has 0 fully saturated rings. The van der Waals surface area contributed by atoms with E-state index in [9.17, 15) is 19.2 Å². The first-order valence-corrected chi connectivity index (χ1v) is 6.74. The SMILES string of the molecule is COC(=O)c1ccc(C(=O)OC)c(NC(=O)C(=O)Nn2cnnc2)c1. The lowest BCUT2D eigenvalue weighted by atomic mass is 10.1. The van der Waals surface area contributed by atoms with Crippen LogP contribution in [0.2, 0.25) is 0 Å². The minimum absolute atomic E-state index is 0.0411. The van der Waals surface area contributed by atoms with Crippen molar-refractivity contribution >= 4 is 29.4 Å². The Morgan fingerprint density at radius 1 is 0.960 bits per heavy atom. The molecule has 0 aliphatic rings. The van der Waals surface area contributed by atoms with Crippen LogP contribution in [0.3, 0.4) is 0 Å². The van der Waals surface area contributed by atoms with Crippen LogP contribution in [-0.4, -0.2) is 52.8 Å². The Kier molecular flexibility index (Phi) is 5.40. The Labute approximate surface area is 140 Å². The van der Waals surface area contributed by atoms with Crippen molar-refractivity contribution < 1.29 is 28.7 Å². The van der Waals surface area contributed by atoms with E-state index in [4.69, 9.17) is 0 Å². The van der Waals surface area contributed by atoms with Crippen LogP contribution in [0.5, 0.6) is 0 Å². The number of hydrogen-bond acceptors (Lipinski definition) is 8. The number of hydrogen-bond donors (Lipinski definition) is 2. The molecule has 0 spiro atoms. The highest BCUT2D eigenvalue weighted by Gasteiger charge is 2.20. The lowest BCUT2D eigenvalue weighted by molar-refractivity contribution is -0.133. The number of amides is 2. The zero-order valence-corrected chi connectivity index (χ0v) is 13.2. The molecule has 0 unspecified atom stereocenters. The molecule has 1 heterocycles. The van der Waals surface area contributed by atoms with E-state index in [1.165, 1.54) is 38.0 Å². The fourth-order valence-electron chi connectivity index (χ4n) is 1.79. The first-order chi connectivity index (χ1) is 12.0. The summed E-state index contributed by atoms with van der Waals surface area (Å²) in [6, 6.07) is 3.79. The summed E-state index contributed by atoms with van der Waals surface area (Å²) in [6.45, 7) is 0. The molecule has 1 aromatic carbocycles. The number of carbonyl (C=O) groups is 4. The van der Waals surface area contributed by atoms with E-state index in [0.29, 0.717) is 0 Å². The molecule has 11 nitrogen and oxygen atoms in total. The van der Waals surface area contributed by atoms with Crippen molar-refractivity contribution in [2.45, 2.75) is 0 Å². The summed E-state index contributed by atoms with van der Waals surface area (Å²) in [5.74, 6) is -3.56. The Morgan fingerprint density at radius 2 is 1.60 bits per heavy atom. The second-order valence-electron chi connectivity index (χ2n) is 4.51. The molecule has 0 saturated heterocycles. The van der Waals surface area contributed by atoms with E-state index in [0.717, 1.165) is 11.8 Å². The Morgan fingerprint density at radius 3 is 2.20 bits per heavy atom. The predicted octanol–water partition coefficient (Wildman–Crippen LogP) is -0.440. The summed E-state index contributed by atoms with van der Waals surface area (Å²) in [5.41, 5.74) is 2.13. The maximum Gasteiger partial charge on any atom is 0.339 e. The molecule has 0 saturated carbocycles. The fourth-order valence-corrected chi connectivity index (χ4v) is 1.79. The van der Waals surface area contributed by atoms with Crippen molar-refractivity contribution in [3.63, 3.8) is 0 Å². The maximum atomic E-state index is 12.0. The molecule has 0 aliphatic carbocycles. The van der Waals surface area contributed by atoms with Crippen molar-refractivity contribution in [3.05, 3.63) is 42.0 Å². The molecule has 0 radical (unpaired) electrons. The lowest BCUT2D eigenvalue weighted by Crippen LogP contribution is -2.34. The van der Waals surface area contributed by atoms with E-state index < -0.39 is 23.8 Å². The Hall–Kier alpha value is -3.76. The van der Waals surface area contributed by atoms with Gasteiger partial charge in [-0.25, -0.2) is 14.3 Å². The second-order valence-corrected chi connectivity index (χ2v) is 4.51. The zero-order chi connectivity index (χ0) is 18.4. The van der Waals surface area contributed by atoms with Gasteiger partial charge in [-0.05, 0) is 18.2 Å².